The van der Waals surface area contributed by atoms with Gasteiger partial charge in [-0.15, -0.1) is 11.3 Å². The highest BCUT2D eigenvalue weighted by atomic mass is 35.5. The summed E-state index contributed by atoms with van der Waals surface area (Å²) in [6.07, 6.45) is 0.980. The first-order valence-corrected chi connectivity index (χ1v) is 8.18. The average Bonchev–Trinajstić information content (AvgIpc) is 2.81. The number of carbonyl (C=O) groups excluding carboxylic acids is 1. The highest BCUT2D eigenvalue weighted by Crippen LogP contribution is 2.28. The van der Waals surface area contributed by atoms with Crippen molar-refractivity contribution in [1.29, 1.82) is 0 Å². The van der Waals surface area contributed by atoms with Crippen molar-refractivity contribution in [2.45, 2.75) is 27.2 Å². The number of hydrogen-bond donors (Lipinski definition) is 1. The maximum atomic E-state index is 12.2. The second kappa shape index (κ2) is 7.05. The number of thiazole rings is 1. The normalized spacial score (nSPS) is 10.9. The average molecular weight is 323 g/mol. The molecule has 0 aliphatic heterocycles. The van der Waals surface area contributed by atoms with Crippen molar-refractivity contribution in [3.63, 3.8) is 0 Å². The van der Waals surface area contributed by atoms with Crippen molar-refractivity contribution in [1.82, 2.24) is 10.3 Å². The first-order valence-electron chi connectivity index (χ1n) is 6.99. The Morgan fingerprint density at radius 1 is 1.33 bits per heavy atom. The van der Waals surface area contributed by atoms with Gasteiger partial charge in [0.05, 0.1) is 5.69 Å². The molecule has 0 saturated carbocycles. The summed E-state index contributed by atoms with van der Waals surface area (Å²) in [6, 6.07) is 7.49. The summed E-state index contributed by atoms with van der Waals surface area (Å²) in [4.78, 5) is 17.4. The quantitative estimate of drug-likeness (QED) is 0.877. The van der Waals surface area contributed by atoms with Gasteiger partial charge in [0.15, 0.2) is 0 Å². The fourth-order valence-corrected chi connectivity index (χ4v) is 2.99. The van der Waals surface area contributed by atoms with Crippen LogP contribution >= 0.6 is 22.9 Å². The monoisotopic (exact) mass is 322 g/mol. The Hall–Kier alpha value is -1.39. The zero-order chi connectivity index (χ0) is 15.4. The van der Waals surface area contributed by atoms with Crippen LogP contribution in [0.25, 0.3) is 10.6 Å². The standard InChI is InChI=1S/C16H19ClN2OS/c1-10(2)8-9-18-15(20)14-11(3)19-16(21-14)12-4-6-13(17)7-5-12/h4-7,10H,8-9H2,1-3H3,(H,18,20). The van der Waals surface area contributed by atoms with E-state index in [1.165, 1.54) is 11.3 Å². The van der Waals surface area contributed by atoms with Crippen LogP contribution in [0.1, 0.15) is 35.6 Å². The number of nitrogens with one attached hydrogen (secondary N) is 1. The molecule has 0 radical (unpaired) electrons. The van der Waals surface area contributed by atoms with Crippen LogP contribution in [-0.2, 0) is 0 Å². The fraction of sp³-hybridized carbons (Fsp3) is 0.375. The van der Waals surface area contributed by atoms with E-state index in [1.54, 1.807) is 0 Å². The first-order chi connectivity index (χ1) is 9.97. The van der Waals surface area contributed by atoms with Crippen molar-refractivity contribution < 1.29 is 4.79 Å². The molecule has 2 rings (SSSR count). The molecule has 1 heterocycles. The minimum Gasteiger partial charge on any atom is -0.351 e. The number of carbonyl (C=O) groups is 1. The molecule has 0 atom stereocenters. The number of aromatic nitrogens is 1. The van der Waals surface area contributed by atoms with Gasteiger partial charge in [0.2, 0.25) is 0 Å². The summed E-state index contributed by atoms with van der Waals surface area (Å²) in [5.74, 6) is 0.545. The molecule has 0 spiro atoms. The third-order valence-electron chi connectivity index (χ3n) is 3.10. The van der Waals surface area contributed by atoms with E-state index in [1.807, 2.05) is 31.2 Å². The molecular formula is C16H19ClN2OS. The van der Waals surface area contributed by atoms with Gasteiger partial charge in [-0.05, 0) is 31.4 Å². The van der Waals surface area contributed by atoms with Gasteiger partial charge in [-0.2, -0.15) is 0 Å². The van der Waals surface area contributed by atoms with Crippen LogP contribution in [0.2, 0.25) is 5.02 Å². The van der Waals surface area contributed by atoms with Crippen molar-refractivity contribution in [2.24, 2.45) is 5.92 Å². The molecule has 0 aliphatic rings. The van der Waals surface area contributed by atoms with Gasteiger partial charge in [0.1, 0.15) is 9.88 Å². The summed E-state index contributed by atoms with van der Waals surface area (Å²) in [6.45, 7) is 6.85. The predicted octanol–water partition coefficient (Wildman–Crippen LogP) is 4.55. The van der Waals surface area contributed by atoms with Gasteiger partial charge < -0.3 is 5.32 Å². The lowest BCUT2D eigenvalue weighted by molar-refractivity contribution is 0.0955. The van der Waals surface area contributed by atoms with E-state index in [0.29, 0.717) is 22.4 Å². The largest absolute Gasteiger partial charge is 0.351 e. The molecule has 112 valence electrons. The number of amides is 1. The van der Waals surface area contributed by atoms with Crippen LogP contribution in [0.15, 0.2) is 24.3 Å². The van der Waals surface area contributed by atoms with Gasteiger partial charge >= 0.3 is 0 Å². The van der Waals surface area contributed by atoms with E-state index in [9.17, 15) is 4.79 Å². The van der Waals surface area contributed by atoms with Crippen molar-refractivity contribution in [3.8, 4) is 10.6 Å². The number of benzene rings is 1. The Balaban J connectivity index is 2.11. The molecule has 2 aromatic rings. The lowest BCUT2D eigenvalue weighted by Crippen LogP contribution is -2.25. The van der Waals surface area contributed by atoms with Gasteiger partial charge in [-0.25, -0.2) is 4.98 Å². The maximum absolute atomic E-state index is 12.2. The Morgan fingerprint density at radius 3 is 2.62 bits per heavy atom. The summed E-state index contributed by atoms with van der Waals surface area (Å²) in [5, 5.41) is 4.49. The zero-order valence-electron chi connectivity index (χ0n) is 12.4. The Morgan fingerprint density at radius 2 is 2.00 bits per heavy atom. The molecular weight excluding hydrogens is 304 g/mol. The zero-order valence-corrected chi connectivity index (χ0v) is 14.0. The number of hydrogen-bond acceptors (Lipinski definition) is 3. The molecule has 1 N–H and O–H groups in total. The van der Waals surface area contributed by atoms with Gasteiger partial charge in [0.25, 0.3) is 5.91 Å². The van der Waals surface area contributed by atoms with Crippen molar-refractivity contribution in [3.05, 3.63) is 39.9 Å². The summed E-state index contributed by atoms with van der Waals surface area (Å²) < 4.78 is 0. The van der Waals surface area contributed by atoms with Crippen LogP contribution in [0.5, 0.6) is 0 Å². The summed E-state index contributed by atoms with van der Waals surface area (Å²) in [7, 11) is 0. The Kier molecular flexibility index (Phi) is 5.37. The lowest BCUT2D eigenvalue weighted by Gasteiger charge is -2.05. The highest BCUT2D eigenvalue weighted by molar-refractivity contribution is 7.17. The van der Waals surface area contributed by atoms with Gasteiger partial charge in [-0.3, -0.25) is 4.79 Å². The SMILES string of the molecule is Cc1nc(-c2ccc(Cl)cc2)sc1C(=O)NCCC(C)C. The van der Waals surface area contributed by atoms with Gasteiger partial charge in [0, 0.05) is 17.1 Å². The minimum atomic E-state index is -0.0362. The van der Waals surface area contributed by atoms with E-state index in [2.05, 4.69) is 24.1 Å². The number of aryl methyl sites for hydroxylation is 1. The molecule has 1 aromatic heterocycles. The summed E-state index contributed by atoms with van der Waals surface area (Å²) in [5.41, 5.74) is 1.75. The van der Waals surface area contributed by atoms with Gasteiger partial charge in [-0.1, -0.05) is 37.6 Å². The van der Waals surface area contributed by atoms with Crippen LogP contribution in [0.3, 0.4) is 0 Å². The maximum Gasteiger partial charge on any atom is 0.263 e. The molecule has 1 amide bonds. The van der Waals surface area contributed by atoms with E-state index in [0.717, 1.165) is 22.7 Å². The molecule has 0 unspecified atom stereocenters. The number of nitrogens with zero attached hydrogens (tertiary/aromatic N) is 1. The van der Waals surface area contributed by atoms with Crippen molar-refractivity contribution >= 4 is 28.8 Å². The highest BCUT2D eigenvalue weighted by Gasteiger charge is 2.15. The molecule has 3 nitrogen and oxygen atoms in total. The second-order valence-electron chi connectivity index (χ2n) is 5.38. The fourth-order valence-electron chi connectivity index (χ4n) is 1.88. The molecule has 5 heteroatoms. The predicted molar refractivity (Wildman–Crippen MR) is 89.1 cm³/mol. The molecule has 0 saturated heterocycles. The Bertz CT molecular complexity index is 620. The molecule has 1 aromatic carbocycles. The lowest BCUT2D eigenvalue weighted by atomic mass is 10.1. The van der Waals surface area contributed by atoms with Crippen molar-refractivity contribution in [2.75, 3.05) is 6.54 Å². The second-order valence-corrected chi connectivity index (χ2v) is 6.81. The molecule has 0 bridgehead atoms. The summed E-state index contributed by atoms with van der Waals surface area (Å²) >= 11 is 7.31. The topological polar surface area (TPSA) is 42.0 Å². The minimum absolute atomic E-state index is 0.0362. The number of rotatable bonds is 5. The van der Waals surface area contributed by atoms with Crippen LogP contribution < -0.4 is 5.32 Å². The Labute approximate surface area is 134 Å². The van der Waals surface area contributed by atoms with E-state index in [4.69, 9.17) is 11.6 Å². The van der Waals surface area contributed by atoms with Crippen LogP contribution in [-0.4, -0.2) is 17.4 Å². The smallest absolute Gasteiger partial charge is 0.263 e. The van der Waals surface area contributed by atoms with E-state index < -0.39 is 0 Å². The third kappa shape index (κ3) is 4.29. The van der Waals surface area contributed by atoms with Crippen LogP contribution in [0.4, 0.5) is 0 Å². The molecule has 0 aliphatic carbocycles. The number of halogens is 1. The van der Waals surface area contributed by atoms with Crippen LogP contribution in [0, 0.1) is 12.8 Å². The van der Waals surface area contributed by atoms with E-state index in [-0.39, 0.29) is 5.91 Å². The first kappa shape index (κ1) is 16.0. The molecule has 0 fully saturated rings. The van der Waals surface area contributed by atoms with E-state index >= 15 is 0 Å². The third-order valence-corrected chi connectivity index (χ3v) is 4.56. The molecule has 21 heavy (non-hydrogen) atoms.